The number of nitrogens with zero attached hydrogens (tertiary/aromatic N) is 4. The summed E-state index contributed by atoms with van der Waals surface area (Å²) >= 11 is 4.03. The highest BCUT2D eigenvalue weighted by atomic mass is 32.2. The minimum absolute atomic E-state index is 0.190. The minimum atomic E-state index is -1.08. The van der Waals surface area contributed by atoms with Gasteiger partial charge in [0.2, 0.25) is 0 Å². The number of ether oxygens (including phenoxy) is 2. The van der Waals surface area contributed by atoms with Gasteiger partial charge in [0.05, 0.1) is 34.2 Å². The number of hydrogen-bond acceptors (Lipinski definition) is 11. The summed E-state index contributed by atoms with van der Waals surface area (Å²) in [5, 5.41) is 30.8. The van der Waals surface area contributed by atoms with Crippen molar-refractivity contribution in [2.24, 2.45) is 0 Å². The molecule has 3 N–H and O–H groups in total. The minimum Gasteiger partial charge on any atom is -0.394 e. The van der Waals surface area contributed by atoms with Crippen LogP contribution < -0.4 is 4.87 Å². The van der Waals surface area contributed by atoms with Gasteiger partial charge < -0.3 is 24.7 Å². The molecule has 0 radical (unpaired) electrons. The molecule has 10 nitrogen and oxygen atoms in total. The first-order valence-corrected chi connectivity index (χ1v) is 12.3. The van der Waals surface area contributed by atoms with Crippen LogP contribution in [-0.4, -0.2) is 72.6 Å². The van der Waals surface area contributed by atoms with Gasteiger partial charge in [-0.25, -0.2) is 9.67 Å². The topological polar surface area (TPSA) is 135 Å². The third-order valence-electron chi connectivity index (χ3n) is 5.26. The lowest BCUT2D eigenvalue weighted by Gasteiger charge is -2.43. The van der Waals surface area contributed by atoms with E-state index in [-0.39, 0.29) is 11.5 Å². The normalized spacial score (nSPS) is 26.0. The van der Waals surface area contributed by atoms with Crippen LogP contribution in [0.15, 0.2) is 45.0 Å². The largest absolute Gasteiger partial charge is 0.394 e. The molecular weight excluding hydrogens is 474 g/mol. The van der Waals surface area contributed by atoms with Gasteiger partial charge in [-0.3, -0.25) is 4.79 Å². The van der Waals surface area contributed by atoms with E-state index >= 15 is 0 Å². The standard InChI is InChI=1S/C19H19N5O5S3/c1-28-17-15(24-5-11(22-23-24)12-7-30-19(27)21-12)16(26)13(6-25)29-18(17)32-9-2-3-10-14(4-9)31-8-20-10/h2-5,7-8,13,15-18,25-26H,6H2,1H3,(H,21,27)/t13?,15-,16-,17?,18+/m0/s1. The number of nitrogens with one attached hydrogen (secondary N) is 1. The van der Waals surface area contributed by atoms with Crippen LogP contribution in [0.2, 0.25) is 0 Å². The van der Waals surface area contributed by atoms with Crippen LogP contribution in [0.1, 0.15) is 6.04 Å². The molecule has 4 aromatic rings. The van der Waals surface area contributed by atoms with E-state index in [1.54, 1.807) is 35.5 Å². The van der Waals surface area contributed by atoms with Crippen LogP contribution in [0.25, 0.3) is 21.6 Å². The first-order chi connectivity index (χ1) is 15.6. The van der Waals surface area contributed by atoms with Gasteiger partial charge >= 0.3 is 4.87 Å². The van der Waals surface area contributed by atoms with Gasteiger partial charge in [0.15, 0.2) is 0 Å². The van der Waals surface area contributed by atoms with Crippen molar-refractivity contribution in [1.29, 1.82) is 0 Å². The fraction of sp³-hybridized carbons (Fsp3) is 0.368. The molecule has 1 aliphatic rings. The number of aromatic nitrogens is 5. The molecule has 3 aromatic heterocycles. The number of thioether (sulfide) groups is 1. The Labute approximate surface area is 193 Å². The predicted molar refractivity (Wildman–Crippen MR) is 121 cm³/mol. The molecule has 0 amide bonds. The molecule has 32 heavy (non-hydrogen) atoms. The van der Waals surface area contributed by atoms with E-state index in [9.17, 15) is 15.0 Å². The van der Waals surface area contributed by atoms with Gasteiger partial charge in [0.1, 0.15) is 35.5 Å². The summed E-state index contributed by atoms with van der Waals surface area (Å²) in [5.41, 5.74) is 3.21. The maximum atomic E-state index is 11.5. The molecule has 0 spiro atoms. The van der Waals surface area contributed by atoms with Crippen molar-refractivity contribution in [2.75, 3.05) is 13.7 Å². The van der Waals surface area contributed by atoms with Gasteiger partial charge in [0.25, 0.3) is 0 Å². The third-order valence-corrected chi connectivity index (χ3v) is 7.86. The van der Waals surface area contributed by atoms with Gasteiger partial charge in [-0.15, -0.1) is 16.4 Å². The molecule has 168 valence electrons. The van der Waals surface area contributed by atoms with Crippen LogP contribution in [0, 0.1) is 0 Å². The Morgan fingerprint density at radius 2 is 2.25 bits per heavy atom. The van der Waals surface area contributed by atoms with Crippen molar-refractivity contribution < 1.29 is 19.7 Å². The smallest absolute Gasteiger partial charge is 0.304 e. The van der Waals surface area contributed by atoms with Crippen molar-refractivity contribution in [2.45, 2.75) is 34.7 Å². The Hall–Kier alpha value is -2.13. The molecule has 1 aliphatic heterocycles. The molecule has 4 heterocycles. The van der Waals surface area contributed by atoms with Crippen molar-refractivity contribution in [3.63, 3.8) is 0 Å². The third kappa shape index (κ3) is 4.01. The van der Waals surface area contributed by atoms with Crippen LogP contribution in [0.3, 0.4) is 0 Å². The monoisotopic (exact) mass is 493 g/mol. The van der Waals surface area contributed by atoms with E-state index in [2.05, 4.69) is 20.3 Å². The van der Waals surface area contributed by atoms with E-state index in [0.29, 0.717) is 11.4 Å². The Morgan fingerprint density at radius 1 is 1.38 bits per heavy atom. The SMILES string of the molecule is COC1[C@@H](Sc2ccc3ncsc3c2)OC(CO)[C@H](O)[C@@H]1n1cc(-c2csc(=O)[nH]2)nn1. The molecule has 1 aromatic carbocycles. The molecule has 2 unspecified atom stereocenters. The van der Waals surface area contributed by atoms with Gasteiger partial charge in [-0.05, 0) is 18.2 Å². The van der Waals surface area contributed by atoms with Crippen LogP contribution in [0.4, 0.5) is 0 Å². The number of methoxy groups -OCH3 is 1. The average Bonchev–Trinajstić information content (AvgIpc) is 3.54. The predicted octanol–water partition coefficient (Wildman–Crippen LogP) is 1.73. The Morgan fingerprint density at radius 3 is 3.00 bits per heavy atom. The number of rotatable bonds is 6. The number of aliphatic hydroxyl groups is 2. The number of thiazole rings is 2. The Bertz CT molecular complexity index is 1270. The quantitative estimate of drug-likeness (QED) is 0.367. The summed E-state index contributed by atoms with van der Waals surface area (Å²) in [7, 11) is 1.54. The maximum Gasteiger partial charge on any atom is 0.304 e. The number of aliphatic hydroxyl groups excluding tert-OH is 2. The summed E-state index contributed by atoms with van der Waals surface area (Å²) in [5.74, 6) is 0. The summed E-state index contributed by atoms with van der Waals surface area (Å²) in [6, 6.07) is 5.27. The molecular formula is C19H19N5O5S3. The zero-order valence-electron chi connectivity index (χ0n) is 16.7. The number of hydrogen-bond donors (Lipinski definition) is 3. The van der Waals surface area contributed by atoms with E-state index in [0.717, 1.165) is 26.4 Å². The summed E-state index contributed by atoms with van der Waals surface area (Å²) < 4.78 is 14.3. The van der Waals surface area contributed by atoms with E-state index in [1.807, 2.05) is 18.2 Å². The number of H-pyrrole nitrogens is 1. The maximum absolute atomic E-state index is 11.5. The van der Waals surface area contributed by atoms with Crippen molar-refractivity contribution in [3.05, 3.63) is 45.0 Å². The molecule has 0 aliphatic carbocycles. The second kappa shape index (κ2) is 9.02. The molecule has 0 bridgehead atoms. The van der Waals surface area contributed by atoms with Crippen molar-refractivity contribution >= 4 is 44.7 Å². The lowest BCUT2D eigenvalue weighted by Crippen LogP contribution is -2.55. The molecule has 13 heteroatoms. The summed E-state index contributed by atoms with van der Waals surface area (Å²) in [6.45, 7) is -0.363. The number of benzene rings is 1. The fourth-order valence-electron chi connectivity index (χ4n) is 3.70. The first-order valence-electron chi connectivity index (χ1n) is 9.64. The number of aromatic amines is 1. The lowest BCUT2D eigenvalue weighted by atomic mass is 9.97. The zero-order valence-corrected chi connectivity index (χ0v) is 19.1. The van der Waals surface area contributed by atoms with Crippen molar-refractivity contribution in [3.8, 4) is 11.4 Å². The highest BCUT2D eigenvalue weighted by molar-refractivity contribution is 7.99. The average molecular weight is 494 g/mol. The molecule has 5 rings (SSSR count). The Balaban J connectivity index is 1.46. The van der Waals surface area contributed by atoms with E-state index in [4.69, 9.17) is 9.47 Å². The molecule has 0 saturated carbocycles. The number of fused-ring (bicyclic) bond motifs is 1. The lowest BCUT2D eigenvalue weighted by molar-refractivity contribution is -0.186. The zero-order chi connectivity index (χ0) is 22.2. The van der Waals surface area contributed by atoms with Crippen LogP contribution in [-0.2, 0) is 9.47 Å². The molecule has 1 fully saturated rings. The highest BCUT2D eigenvalue weighted by Crippen LogP contribution is 2.40. The highest BCUT2D eigenvalue weighted by Gasteiger charge is 2.47. The van der Waals surface area contributed by atoms with E-state index < -0.39 is 29.8 Å². The fourth-order valence-corrected chi connectivity index (χ4v) is 6.27. The molecule has 5 atom stereocenters. The van der Waals surface area contributed by atoms with Gasteiger partial charge in [-0.2, -0.15) is 0 Å². The van der Waals surface area contributed by atoms with E-state index in [1.165, 1.54) is 16.4 Å². The summed E-state index contributed by atoms with van der Waals surface area (Å²) in [6.07, 6.45) is -0.861. The second-order valence-electron chi connectivity index (χ2n) is 7.15. The van der Waals surface area contributed by atoms with Crippen molar-refractivity contribution in [1.82, 2.24) is 25.0 Å². The summed E-state index contributed by atoms with van der Waals surface area (Å²) in [4.78, 5) is 19.2. The second-order valence-corrected chi connectivity index (χ2v) is 10.1. The van der Waals surface area contributed by atoms with Gasteiger partial charge in [-0.1, -0.05) is 28.3 Å². The Kier molecular flexibility index (Phi) is 6.11. The molecule has 1 saturated heterocycles. The van der Waals surface area contributed by atoms with Crippen LogP contribution >= 0.6 is 34.4 Å². The van der Waals surface area contributed by atoms with Crippen LogP contribution in [0.5, 0.6) is 0 Å². The first kappa shape index (κ1) is 21.7. The van der Waals surface area contributed by atoms with Gasteiger partial charge in [0, 0.05) is 17.4 Å².